The van der Waals surface area contributed by atoms with Crippen molar-refractivity contribution in [2.45, 2.75) is 70.8 Å². The summed E-state index contributed by atoms with van der Waals surface area (Å²) in [6, 6.07) is 0.868. The summed E-state index contributed by atoms with van der Waals surface area (Å²) in [6.45, 7) is 8.28. The van der Waals surface area contributed by atoms with Crippen LogP contribution in [0.25, 0.3) is 0 Å². The zero-order valence-electron chi connectivity index (χ0n) is 17.5. The Morgan fingerprint density at radius 3 is 2.48 bits per heavy atom. The second-order valence-corrected chi connectivity index (χ2v) is 8.68. The Hall–Kier alpha value is -0.0800. The third-order valence-electron chi connectivity index (χ3n) is 6.44. The van der Waals surface area contributed by atoms with Crippen LogP contribution in [0.3, 0.4) is 0 Å². The lowest BCUT2D eigenvalue weighted by molar-refractivity contribution is 0.105. The average molecular weight is 492 g/mol. The molecule has 0 aromatic carbocycles. The monoisotopic (exact) mass is 492 g/mol. The SMILES string of the molecule is CCOCCC1(CNC(=NC)NCCN(CC2CC2)C2CC2)CCCC1.I. The Labute approximate surface area is 183 Å². The molecule has 0 aromatic rings. The van der Waals surface area contributed by atoms with Crippen molar-refractivity contribution in [3.05, 3.63) is 0 Å². The molecule has 3 aliphatic rings. The summed E-state index contributed by atoms with van der Waals surface area (Å²) in [7, 11) is 1.89. The Bertz CT molecular complexity index is 445. The molecule has 0 aliphatic heterocycles. The lowest BCUT2D eigenvalue weighted by Gasteiger charge is -2.30. The molecular weight excluding hydrogens is 451 g/mol. The molecule has 27 heavy (non-hydrogen) atoms. The molecule has 3 saturated carbocycles. The molecule has 0 spiro atoms. The number of rotatable bonds is 12. The zero-order valence-corrected chi connectivity index (χ0v) is 19.8. The molecule has 0 saturated heterocycles. The van der Waals surface area contributed by atoms with Crippen LogP contribution in [-0.4, -0.2) is 63.3 Å². The summed E-state index contributed by atoms with van der Waals surface area (Å²) in [5.74, 6) is 1.95. The van der Waals surface area contributed by atoms with Crippen LogP contribution in [0.1, 0.15) is 64.7 Å². The van der Waals surface area contributed by atoms with E-state index in [9.17, 15) is 0 Å². The van der Waals surface area contributed by atoms with Crippen molar-refractivity contribution in [3.8, 4) is 0 Å². The minimum Gasteiger partial charge on any atom is -0.382 e. The van der Waals surface area contributed by atoms with Crippen LogP contribution in [-0.2, 0) is 4.74 Å². The quantitative estimate of drug-likeness (QED) is 0.189. The van der Waals surface area contributed by atoms with E-state index < -0.39 is 0 Å². The van der Waals surface area contributed by atoms with E-state index in [0.29, 0.717) is 5.41 Å². The summed E-state index contributed by atoms with van der Waals surface area (Å²) in [4.78, 5) is 7.16. The Kier molecular flexibility index (Phi) is 10.1. The summed E-state index contributed by atoms with van der Waals surface area (Å²) >= 11 is 0. The Morgan fingerprint density at radius 1 is 1.15 bits per heavy atom. The fourth-order valence-corrected chi connectivity index (χ4v) is 4.38. The molecule has 158 valence electrons. The van der Waals surface area contributed by atoms with Crippen molar-refractivity contribution < 1.29 is 4.74 Å². The van der Waals surface area contributed by atoms with Gasteiger partial charge in [0.2, 0.25) is 0 Å². The molecule has 3 aliphatic carbocycles. The van der Waals surface area contributed by atoms with Gasteiger partial charge in [0.05, 0.1) is 0 Å². The van der Waals surface area contributed by atoms with Crippen molar-refractivity contribution in [1.29, 1.82) is 0 Å². The largest absolute Gasteiger partial charge is 0.382 e. The lowest BCUT2D eigenvalue weighted by atomic mass is 9.83. The van der Waals surface area contributed by atoms with Crippen molar-refractivity contribution in [2.75, 3.05) is 46.4 Å². The van der Waals surface area contributed by atoms with E-state index in [2.05, 4.69) is 27.4 Å². The van der Waals surface area contributed by atoms with Gasteiger partial charge in [-0.3, -0.25) is 9.89 Å². The number of hydrogen-bond acceptors (Lipinski definition) is 3. The first-order valence-corrected chi connectivity index (χ1v) is 11.0. The van der Waals surface area contributed by atoms with Gasteiger partial charge in [-0.2, -0.15) is 0 Å². The summed E-state index contributed by atoms with van der Waals surface area (Å²) in [5.41, 5.74) is 0.402. The van der Waals surface area contributed by atoms with Crippen LogP contribution < -0.4 is 10.6 Å². The van der Waals surface area contributed by atoms with Gasteiger partial charge >= 0.3 is 0 Å². The minimum absolute atomic E-state index is 0. The third kappa shape index (κ3) is 8.05. The highest BCUT2D eigenvalue weighted by Crippen LogP contribution is 2.40. The van der Waals surface area contributed by atoms with Gasteiger partial charge in [0.1, 0.15) is 0 Å². The molecule has 0 bridgehead atoms. The fraction of sp³-hybridized carbons (Fsp3) is 0.952. The van der Waals surface area contributed by atoms with Gasteiger partial charge in [0, 0.05) is 52.5 Å². The first kappa shape index (κ1) is 23.2. The maximum atomic E-state index is 5.63. The second-order valence-electron chi connectivity index (χ2n) is 8.68. The molecule has 0 unspecified atom stereocenters. The maximum absolute atomic E-state index is 5.63. The molecule has 0 amide bonds. The van der Waals surface area contributed by atoms with E-state index in [1.165, 1.54) is 64.3 Å². The number of nitrogens with one attached hydrogen (secondary N) is 2. The smallest absolute Gasteiger partial charge is 0.191 e. The number of hydrogen-bond donors (Lipinski definition) is 2. The minimum atomic E-state index is 0. The first-order valence-electron chi connectivity index (χ1n) is 11.0. The molecule has 3 fully saturated rings. The molecule has 2 N–H and O–H groups in total. The zero-order chi connectivity index (χ0) is 18.2. The number of halogens is 1. The summed E-state index contributed by atoms with van der Waals surface area (Å²) < 4.78 is 5.63. The van der Waals surface area contributed by atoms with Crippen LogP contribution >= 0.6 is 24.0 Å². The predicted octanol–water partition coefficient (Wildman–Crippen LogP) is 3.63. The van der Waals surface area contributed by atoms with E-state index in [4.69, 9.17) is 4.74 Å². The van der Waals surface area contributed by atoms with Crippen LogP contribution in [0.15, 0.2) is 4.99 Å². The topological polar surface area (TPSA) is 48.9 Å². The van der Waals surface area contributed by atoms with E-state index in [1.54, 1.807) is 0 Å². The number of ether oxygens (including phenoxy) is 1. The van der Waals surface area contributed by atoms with Crippen molar-refractivity contribution in [1.82, 2.24) is 15.5 Å². The highest BCUT2D eigenvalue weighted by atomic mass is 127. The standard InChI is InChI=1S/C21H40N4O.HI/c1-3-26-15-12-21(10-4-5-11-21)17-24-20(22-2)23-13-14-25(19-8-9-19)16-18-6-7-18;/h18-19H,3-17H2,1-2H3,(H2,22,23,24);1H. The van der Waals surface area contributed by atoms with Gasteiger partial charge in [-0.25, -0.2) is 0 Å². The van der Waals surface area contributed by atoms with Crippen LogP contribution in [0, 0.1) is 11.3 Å². The molecule has 0 atom stereocenters. The number of nitrogens with zero attached hydrogens (tertiary/aromatic N) is 2. The van der Waals surface area contributed by atoms with Gasteiger partial charge in [-0.15, -0.1) is 24.0 Å². The van der Waals surface area contributed by atoms with Crippen molar-refractivity contribution in [3.63, 3.8) is 0 Å². The van der Waals surface area contributed by atoms with Gasteiger partial charge in [0.25, 0.3) is 0 Å². The number of guanidine groups is 1. The molecule has 0 aromatic heterocycles. The lowest BCUT2D eigenvalue weighted by Crippen LogP contribution is -2.46. The average Bonchev–Trinajstić information content (AvgIpc) is 3.57. The molecular formula is C21H41IN4O. The molecule has 6 heteroatoms. The number of aliphatic imine (C=N–C) groups is 1. The summed E-state index contributed by atoms with van der Waals surface area (Å²) in [5, 5.41) is 7.17. The molecule has 0 heterocycles. The highest BCUT2D eigenvalue weighted by molar-refractivity contribution is 14.0. The van der Waals surface area contributed by atoms with E-state index in [-0.39, 0.29) is 24.0 Å². The van der Waals surface area contributed by atoms with Crippen molar-refractivity contribution in [2.24, 2.45) is 16.3 Å². The molecule has 3 rings (SSSR count). The predicted molar refractivity (Wildman–Crippen MR) is 124 cm³/mol. The molecule has 0 radical (unpaired) electrons. The third-order valence-corrected chi connectivity index (χ3v) is 6.44. The molecule has 5 nitrogen and oxygen atoms in total. The van der Waals surface area contributed by atoms with E-state index in [0.717, 1.165) is 50.8 Å². The second kappa shape index (κ2) is 11.8. The van der Waals surface area contributed by atoms with E-state index >= 15 is 0 Å². The summed E-state index contributed by atoms with van der Waals surface area (Å²) in [6.07, 6.45) is 12.2. The van der Waals surface area contributed by atoms with Gasteiger partial charge in [-0.05, 0) is 63.2 Å². The normalized spacial score (nSPS) is 22.0. The van der Waals surface area contributed by atoms with Crippen LogP contribution in [0.5, 0.6) is 0 Å². The van der Waals surface area contributed by atoms with Crippen LogP contribution in [0.4, 0.5) is 0 Å². The van der Waals surface area contributed by atoms with Crippen LogP contribution in [0.2, 0.25) is 0 Å². The maximum Gasteiger partial charge on any atom is 0.191 e. The fourth-order valence-electron chi connectivity index (χ4n) is 4.38. The van der Waals surface area contributed by atoms with Crippen molar-refractivity contribution >= 4 is 29.9 Å². The van der Waals surface area contributed by atoms with Gasteiger partial charge < -0.3 is 15.4 Å². The van der Waals surface area contributed by atoms with E-state index in [1.807, 2.05) is 7.05 Å². The van der Waals surface area contributed by atoms with Gasteiger partial charge in [-0.1, -0.05) is 12.8 Å². The Morgan fingerprint density at radius 2 is 1.89 bits per heavy atom. The van der Waals surface area contributed by atoms with Gasteiger partial charge in [0.15, 0.2) is 5.96 Å². The first-order chi connectivity index (χ1) is 12.7. The Balaban J connectivity index is 0.00000261. The highest BCUT2D eigenvalue weighted by Gasteiger charge is 2.34.